The number of hydrogen-bond donors (Lipinski definition) is 0. The van der Waals surface area contributed by atoms with Crippen LogP contribution < -0.4 is 8.79 Å². The first-order chi connectivity index (χ1) is 16.6. The summed E-state index contributed by atoms with van der Waals surface area (Å²) < 4.78 is 2.79. The Labute approximate surface area is 218 Å². The molecule has 3 aliphatic rings. The van der Waals surface area contributed by atoms with Gasteiger partial charge in [0, 0.05) is 0 Å². The van der Waals surface area contributed by atoms with Crippen molar-refractivity contribution in [1.29, 1.82) is 0 Å². The fourth-order valence-electron chi connectivity index (χ4n) is 5.12. The van der Waals surface area contributed by atoms with Gasteiger partial charge in [-0.3, -0.25) is 0 Å². The second kappa shape index (κ2) is 6.89. The number of rotatable bonds is 2. The van der Waals surface area contributed by atoms with Crippen LogP contribution in [0.1, 0.15) is 41.4 Å². The maximum absolute atomic E-state index is 12.7. The van der Waals surface area contributed by atoms with Gasteiger partial charge in [-0.2, -0.15) is 0 Å². The third-order valence-electron chi connectivity index (χ3n) is 7.15. The van der Waals surface area contributed by atoms with Crippen molar-refractivity contribution in [2.45, 2.75) is 11.5 Å². The van der Waals surface area contributed by atoms with Crippen LogP contribution in [0.3, 0.4) is 0 Å². The SMILES string of the molecule is CN1C(=O)c2csc(-c3c[c]4c(s3)-c3sc(-c5scc6c5C(=O)N(C)C6=O)c[c]3[Ge]4([CH3])[CH3])c2C1=O. The van der Waals surface area contributed by atoms with Gasteiger partial charge >= 0.3 is 220 Å². The van der Waals surface area contributed by atoms with Crippen molar-refractivity contribution in [3.8, 4) is 29.3 Å². The molecule has 0 fully saturated rings. The zero-order valence-electron chi connectivity index (χ0n) is 19.0. The summed E-state index contributed by atoms with van der Waals surface area (Å²) in [6, 6.07) is 4.49. The van der Waals surface area contributed by atoms with Gasteiger partial charge < -0.3 is 0 Å². The van der Waals surface area contributed by atoms with Crippen LogP contribution in [-0.4, -0.2) is 60.8 Å². The Balaban J connectivity index is 1.36. The third kappa shape index (κ3) is 2.58. The summed E-state index contributed by atoms with van der Waals surface area (Å²) >= 11 is 3.70. The van der Waals surface area contributed by atoms with Crippen molar-refractivity contribution < 1.29 is 19.2 Å². The molecule has 4 aromatic rings. The van der Waals surface area contributed by atoms with Crippen molar-refractivity contribution >= 4 is 91.0 Å². The van der Waals surface area contributed by atoms with Crippen molar-refractivity contribution in [3.05, 3.63) is 45.1 Å². The number of fused-ring (bicyclic) bond motifs is 5. The van der Waals surface area contributed by atoms with Crippen molar-refractivity contribution in [2.75, 3.05) is 14.1 Å². The van der Waals surface area contributed by atoms with Crippen LogP contribution in [-0.2, 0) is 0 Å². The Morgan fingerprint density at radius 1 is 0.629 bits per heavy atom. The number of hydrogen-bond acceptors (Lipinski definition) is 8. The molecule has 6 nitrogen and oxygen atoms in total. The minimum atomic E-state index is -2.61. The van der Waals surface area contributed by atoms with E-state index in [4.69, 9.17) is 0 Å². The fourth-order valence-corrected chi connectivity index (χ4v) is 19.5. The maximum atomic E-state index is 12.7. The normalized spacial score (nSPS) is 17.5. The second-order valence-electron chi connectivity index (χ2n) is 9.38. The first-order valence-electron chi connectivity index (χ1n) is 10.8. The molecule has 0 saturated carbocycles. The molecule has 0 aromatic carbocycles. The third-order valence-corrected chi connectivity index (χ3v) is 20.0. The number of nitrogens with zero attached hydrogens (tertiary/aromatic N) is 2. The van der Waals surface area contributed by atoms with Crippen LogP contribution in [0.4, 0.5) is 0 Å². The Kier molecular flexibility index (Phi) is 4.30. The average molecular weight is 597 g/mol. The van der Waals surface area contributed by atoms with Gasteiger partial charge in [0.1, 0.15) is 0 Å². The van der Waals surface area contributed by atoms with Gasteiger partial charge in [0.15, 0.2) is 0 Å². The summed E-state index contributed by atoms with van der Waals surface area (Å²) in [5, 5.41) is 3.60. The van der Waals surface area contributed by atoms with E-state index in [0.717, 1.165) is 19.5 Å². The minimum absolute atomic E-state index is 0.231. The van der Waals surface area contributed by atoms with Gasteiger partial charge in [-0.25, -0.2) is 0 Å². The van der Waals surface area contributed by atoms with Crippen LogP contribution in [0, 0.1) is 0 Å². The molecule has 0 N–H and O–H groups in total. The van der Waals surface area contributed by atoms with Crippen molar-refractivity contribution in [2.24, 2.45) is 0 Å². The monoisotopic (exact) mass is 598 g/mol. The van der Waals surface area contributed by atoms with E-state index in [1.807, 2.05) is 0 Å². The average Bonchev–Trinajstić information content (AvgIpc) is 3.65. The first-order valence-corrected chi connectivity index (χ1v) is 20.5. The van der Waals surface area contributed by atoms with Crippen molar-refractivity contribution in [3.63, 3.8) is 0 Å². The van der Waals surface area contributed by atoms with Gasteiger partial charge in [-0.15, -0.1) is 0 Å². The van der Waals surface area contributed by atoms with Crippen molar-refractivity contribution in [1.82, 2.24) is 9.80 Å². The molecule has 3 aliphatic heterocycles. The zero-order valence-corrected chi connectivity index (χ0v) is 24.3. The molecule has 0 radical (unpaired) electrons. The Hall–Kier alpha value is -2.38. The summed E-state index contributed by atoms with van der Waals surface area (Å²) in [6.07, 6.45) is 0. The molecule has 0 atom stereocenters. The van der Waals surface area contributed by atoms with Gasteiger partial charge in [0.2, 0.25) is 0 Å². The summed E-state index contributed by atoms with van der Waals surface area (Å²) in [5.74, 6) is 3.82. The Morgan fingerprint density at radius 2 is 1.03 bits per heavy atom. The summed E-state index contributed by atoms with van der Waals surface area (Å²) in [5.41, 5.74) is 2.06. The van der Waals surface area contributed by atoms with E-state index in [1.165, 1.54) is 65.1 Å². The van der Waals surface area contributed by atoms with Gasteiger partial charge in [0.05, 0.1) is 0 Å². The van der Waals surface area contributed by atoms with E-state index in [2.05, 4.69) is 23.6 Å². The van der Waals surface area contributed by atoms with Crippen LogP contribution >= 0.6 is 45.3 Å². The van der Waals surface area contributed by atoms with E-state index in [1.54, 1.807) is 33.4 Å². The topological polar surface area (TPSA) is 74.8 Å². The second-order valence-corrected chi connectivity index (χ2v) is 22.3. The van der Waals surface area contributed by atoms with Gasteiger partial charge in [-0.05, 0) is 0 Å². The molecule has 0 aliphatic carbocycles. The molecule has 4 aromatic heterocycles. The van der Waals surface area contributed by atoms with E-state index in [-0.39, 0.29) is 23.6 Å². The number of carbonyl (C=O) groups is 4. The molecule has 0 unspecified atom stereocenters. The standard InChI is InChI=1S/C24H16GeN2O4S4/c1-25(2)11-5-13(19-15-9(7-32-19)21(28)26(3)23(15)30)34-17(11)18-12(25)6-14(35-18)20-16-10(8-33-20)22(29)27(4)24(16)31/h5-8H,1-4H3. The molecule has 11 heteroatoms. The summed E-state index contributed by atoms with van der Waals surface area (Å²) in [7, 11) is 3.06. The predicted octanol–water partition coefficient (Wildman–Crippen LogP) is 4.52. The molecule has 0 spiro atoms. The summed E-state index contributed by atoms with van der Waals surface area (Å²) in [4.78, 5) is 59.0. The van der Waals surface area contributed by atoms with Crippen LogP contribution in [0.25, 0.3) is 29.3 Å². The number of thiophene rings is 4. The van der Waals surface area contributed by atoms with E-state index in [0.29, 0.717) is 22.3 Å². The molecule has 0 bridgehead atoms. The zero-order chi connectivity index (χ0) is 24.5. The summed E-state index contributed by atoms with van der Waals surface area (Å²) in [6.45, 7) is 0. The molecular formula is C24H16GeN2O4S4. The Morgan fingerprint density at radius 3 is 1.43 bits per heavy atom. The van der Waals surface area contributed by atoms with Crippen LogP contribution in [0.15, 0.2) is 22.9 Å². The predicted molar refractivity (Wildman–Crippen MR) is 144 cm³/mol. The number of carbonyl (C=O) groups excluding carboxylic acids is 4. The molecule has 35 heavy (non-hydrogen) atoms. The molecule has 4 amide bonds. The van der Waals surface area contributed by atoms with Crippen LogP contribution in [0.2, 0.25) is 11.5 Å². The van der Waals surface area contributed by atoms with E-state index in [9.17, 15) is 19.2 Å². The quantitative estimate of drug-likeness (QED) is 0.252. The molecule has 174 valence electrons. The number of imide groups is 2. The van der Waals surface area contributed by atoms with Gasteiger partial charge in [0.25, 0.3) is 0 Å². The molecule has 7 rings (SSSR count). The van der Waals surface area contributed by atoms with Gasteiger partial charge in [-0.1, -0.05) is 0 Å². The van der Waals surface area contributed by atoms with E-state index < -0.39 is 13.3 Å². The fraction of sp³-hybridized carbons (Fsp3) is 0.167. The van der Waals surface area contributed by atoms with E-state index >= 15 is 0 Å². The van der Waals surface area contributed by atoms with Crippen LogP contribution in [0.5, 0.6) is 0 Å². The number of amides is 4. The first kappa shape index (κ1) is 21.9. The molecular weight excluding hydrogens is 581 g/mol. The Bertz CT molecular complexity index is 1580. The molecule has 7 heterocycles. The molecule has 0 saturated heterocycles.